The summed E-state index contributed by atoms with van der Waals surface area (Å²) < 4.78 is 0. The molecule has 0 bridgehead atoms. The van der Waals surface area contributed by atoms with Crippen LogP contribution in [0.3, 0.4) is 0 Å². The molecule has 0 aliphatic heterocycles. The molecule has 0 saturated carbocycles. The maximum Gasteiger partial charge on any atom is 0.241 e. The zero-order chi connectivity index (χ0) is 13.0. The number of carbonyl (C=O) groups excluding carboxylic acids is 1. The van der Waals surface area contributed by atoms with Gasteiger partial charge in [-0.05, 0) is 12.5 Å². The number of carbonyl (C=O) groups is 1. The number of aryl methyl sites for hydroxylation is 1. The number of benzene rings is 1. The lowest BCUT2D eigenvalue weighted by molar-refractivity contribution is -0.122. The van der Waals surface area contributed by atoms with E-state index in [0.29, 0.717) is 6.54 Å². The fraction of sp³-hybridized carbons (Fsp3) is 0.231. The molecule has 0 saturated heterocycles. The van der Waals surface area contributed by atoms with Gasteiger partial charge in [-0.3, -0.25) is 9.89 Å². The molecular weight excluding hydrogens is 228 g/mol. The quantitative estimate of drug-likeness (QED) is 0.751. The van der Waals surface area contributed by atoms with Gasteiger partial charge in [-0.2, -0.15) is 5.10 Å². The second-order valence-electron chi connectivity index (χ2n) is 4.21. The van der Waals surface area contributed by atoms with Crippen molar-refractivity contribution in [2.75, 3.05) is 0 Å². The molecule has 0 radical (unpaired) electrons. The van der Waals surface area contributed by atoms with E-state index in [4.69, 9.17) is 5.73 Å². The van der Waals surface area contributed by atoms with Crippen molar-refractivity contribution in [2.45, 2.75) is 19.5 Å². The van der Waals surface area contributed by atoms with E-state index in [9.17, 15) is 4.79 Å². The molecule has 18 heavy (non-hydrogen) atoms. The molecule has 0 fully saturated rings. The summed E-state index contributed by atoms with van der Waals surface area (Å²) in [6.45, 7) is 2.42. The number of aromatic nitrogens is 2. The minimum absolute atomic E-state index is 0.194. The molecule has 4 N–H and O–H groups in total. The van der Waals surface area contributed by atoms with E-state index in [1.54, 1.807) is 12.4 Å². The number of nitrogens with zero attached hydrogens (tertiary/aromatic N) is 1. The molecule has 1 amide bonds. The molecule has 5 heteroatoms. The summed E-state index contributed by atoms with van der Waals surface area (Å²) in [5.74, 6) is -0.194. The van der Waals surface area contributed by atoms with Gasteiger partial charge in [0.1, 0.15) is 6.04 Å². The number of nitrogens with one attached hydrogen (secondary N) is 2. The monoisotopic (exact) mass is 244 g/mol. The van der Waals surface area contributed by atoms with Crippen LogP contribution in [-0.4, -0.2) is 16.1 Å². The zero-order valence-electron chi connectivity index (χ0n) is 10.2. The van der Waals surface area contributed by atoms with Crippen LogP contribution in [-0.2, 0) is 11.3 Å². The Morgan fingerprint density at radius 1 is 1.44 bits per heavy atom. The highest BCUT2D eigenvalue weighted by Crippen LogP contribution is 2.11. The van der Waals surface area contributed by atoms with Crippen LogP contribution in [0.4, 0.5) is 0 Å². The van der Waals surface area contributed by atoms with Gasteiger partial charge in [0.2, 0.25) is 5.91 Å². The van der Waals surface area contributed by atoms with Crippen molar-refractivity contribution in [3.05, 3.63) is 53.3 Å². The normalized spacial score (nSPS) is 12.1. The van der Waals surface area contributed by atoms with Gasteiger partial charge in [0.15, 0.2) is 0 Å². The number of amides is 1. The van der Waals surface area contributed by atoms with Gasteiger partial charge >= 0.3 is 0 Å². The van der Waals surface area contributed by atoms with E-state index in [0.717, 1.165) is 16.7 Å². The van der Waals surface area contributed by atoms with Crippen LogP contribution in [0.2, 0.25) is 0 Å². The molecule has 1 unspecified atom stereocenters. The van der Waals surface area contributed by atoms with Crippen molar-refractivity contribution in [3.8, 4) is 0 Å². The van der Waals surface area contributed by atoms with Gasteiger partial charge in [0.25, 0.3) is 0 Å². The lowest BCUT2D eigenvalue weighted by Crippen LogP contribution is -2.33. The van der Waals surface area contributed by atoms with Gasteiger partial charge < -0.3 is 11.1 Å². The SMILES string of the molecule is Cc1ccc(C(N)C(=O)NCc2cn[nH]c2)cc1. The first-order valence-electron chi connectivity index (χ1n) is 5.74. The Morgan fingerprint density at radius 3 is 2.78 bits per heavy atom. The first kappa shape index (κ1) is 12.3. The molecule has 1 aromatic carbocycles. The van der Waals surface area contributed by atoms with Gasteiger partial charge in [0, 0.05) is 18.3 Å². The lowest BCUT2D eigenvalue weighted by Gasteiger charge is -2.12. The Kier molecular flexibility index (Phi) is 3.74. The lowest BCUT2D eigenvalue weighted by atomic mass is 10.1. The first-order valence-corrected chi connectivity index (χ1v) is 5.74. The van der Waals surface area contributed by atoms with E-state index < -0.39 is 6.04 Å². The van der Waals surface area contributed by atoms with Crippen molar-refractivity contribution >= 4 is 5.91 Å². The Hall–Kier alpha value is -2.14. The first-order chi connectivity index (χ1) is 8.66. The van der Waals surface area contributed by atoms with Crippen LogP contribution >= 0.6 is 0 Å². The van der Waals surface area contributed by atoms with Gasteiger partial charge in [-0.15, -0.1) is 0 Å². The topological polar surface area (TPSA) is 83.8 Å². The number of hydrogen-bond donors (Lipinski definition) is 3. The summed E-state index contributed by atoms with van der Waals surface area (Å²) in [6.07, 6.45) is 3.40. The second kappa shape index (κ2) is 5.46. The third kappa shape index (κ3) is 2.95. The fourth-order valence-electron chi connectivity index (χ4n) is 1.60. The van der Waals surface area contributed by atoms with Crippen LogP contribution in [0.15, 0.2) is 36.7 Å². The molecule has 2 rings (SSSR count). The zero-order valence-corrected chi connectivity index (χ0v) is 10.2. The molecule has 0 aliphatic carbocycles. The molecule has 0 spiro atoms. The summed E-state index contributed by atoms with van der Waals surface area (Å²) in [7, 11) is 0. The average Bonchev–Trinajstić information content (AvgIpc) is 2.89. The number of nitrogens with two attached hydrogens (primary N) is 1. The van der Waals surface area contributed by atoms with E-state index in [-0.39, 0.29) is 5.91 Å². The third-order valence-corrected chi connectivity index (χ3v) is 2.74. The second-order valence-corrected chi connectivity index (χ2v) is 4.21. The van der Waals surface area contributed by atoms with Gasteiger partial charge in [0.05, 0.1) is 6.20 Å². The number of H-pyrrole nitrogens is 1. The Bertz CT molecular complexity index is 504. The highest BCUT2D eigenvalue weighted by atomic mass is 16.2. The van der Waals surface area contributed by atoms with Crippen molar-refractivity contribution in [1.82, 2.24) is 15.5 Å². The Labute approximate surface area is 105 Å². The smallest absolute Gasteiger partial charge is 0.241 e. The largest absolute Gasteiger partial charge is 0.350 e. The summed E-state index contributed by atoms with van der Waals surface area (Å²) in [4.78, 5) is 11.9. The fourth-order valence-corrected chi connectivity index (χ4v) is 1.60. The summed E-state index contributed by atoms with van der Waals surface area (Å²) in [5.41, 5.74) is 8.76. The summed E-state index contributed by atoms with van der Waals surface area (Å²) in [6, 6.07) is 6.99. The highest BCUT2D eigenvalue weighted by Gasteiger charge is 2.15. The average molecular weight is 244 g/mol. The van der Waals surface area contributed by atoms with Gasteiger partial charge in [-0.25, -0.2) is 0 Å². The molecule has 1 heterocycles. The minimum atomic E-state index is -0.641. The standard InChI is InChI=1S/C13H16N4O/c1-9-2-4-11(5-3-9)12(14)13(18)15-6-10-7-16-17-8-10/h2-5,7-8,12H,6,14H2,1H3,(H,15,18)(H,16,17). The number of rotatable bonds is 4. The summed E-state index contributed by atoms with van der Waals surface area (Å²) in [5, 5.41) is 9.27. The molecule has 1 aromatic heterocycles. The molecule has 1 atom stereocenters. The number of hydrogen-bond acceptors (Lipinski definition) is 3. The third-order valence-electron chi connectivity index (χ3n) is 2.74. The number of aromatic amines is 1. The van der Waals surface area contributed by atoms with E-state index >= 15 is 0 Å². The maximum atomic E-state index is 11.9. The van der Waals surface area contributed by atoms with E-state index in [2.05, 4.69) is 15.5 Å². The highest BCUT2D eigenvalue weighted by molar-refractivity contribution is 5.82. The van der Waals surface area contributed by atoms with Crippen molar-refractivity contribution in [1.29, 1.82) is 0 Å². The Balaban J connectivity index is 1.94. The van der Waals surface area contributed by atoms with Gasteiger partial charge in [-0.1, -0.05) is 29.8 Å². The molecule has 94 valence electrons. The predicted molar refractivity (Wildman–Crippen MR) is 68.5 cm³/mol. The van der Waals surface area contributed by atoms with Crippen LogP contribution in [0.25, 0.3) is 0 Å². The van der Waals surface area contributed by atoms with Crippen LogP contribution in [0.5, 0.6) is 0 Å². The van der Waals surface area contributed by atoms with Crippen molar-refractivity contribution in [3.63, 3.8) is 0 Å². The van der Waals surface area contributed by atoms with Crippen molar-refractivity contribution in [2.24, 2.45) is 5.73 Å². The van der Waals surface area contributed by atoms with Crippen LogP contribution in [0.1, 0.15) is 22.7 Å². The molecule has 2 aromatic rings. The van der Waals surface area contributed by atoms with Crippen molar-refractivity contribution < 1.29 is 4.79 Å². The molecule has 5 nitrogen and oxygen atoms in total. The minimum Gasteiger partial charge on any atom is -0.350 e. The van der Waals surface area contributed by atoms with Crippen LogP contribution in [0, 0.1) is 6.92 Å². The van der Waals surface area contributed by atoms with E-state index in [1.165, 1.54) is 0 Å². The molecular formula is C13H16N4O. The van der Waals surface area contributed by atoms with Crippen LogP contribution < -0.4 is 11.1 Å². The summed E-state index contributed by atoms with van der Waals surface area (Å²) >= 11 is 0. The maximum absolute atomic E-state index is 11.9. The van der Waals surface area contributed by atoms with E-state index in [1.807, 2.05) is 31.2 Å². The molecule has 0 aliphatic rings. The Morgan fingerprint density at radius 2 is 2.17 bits per heavy atom. The predicted octanol–water partition coefficient (Wildman–Crippen LogP) is 1.03.